The lowest BCUT2D eigenvalue weighted by molar-refractivity contribution is 0.120. The summed E-state index contributed by atoms with van der Waals surface area (Å²) in [7, 11) is 1.40. The summed E-state index contributed by atoms with van der Waals surface area (Å²) in [5.74, 6) is 4.58. The van der Waals surface area contributed by atoms with E-state index in [9.17, 15) is 4.39 Å². The van der Waals surface area contributed by atoms with Crippen molar-refractivity contribution in [1.29, 1.82) is 0 Å². The van der Waals surface area contributed by atoms with Gasteiger partial charge in [0.25, 0.3) is 0 Å². The van der Waals surface area contributed by atoms with Gasteiger partial charge in [-0.15, -0.1) is 0 Å². The van der Waals surface area contributed by atoms with Gasteiger partial charge in [-0.05, 0) is 12.1 Å². The average Bonchev–Trinajstić information content (AvgIpc) is 2.12. The van der Waals surface area contributed by atoms with Gasteiger partial charge in [-0.25, -0.2) is 10.3 Å². The second kappa shape index (κ2) is 4.55. The summed E-state index contributed by atoms with van der Waals surface area (Å²) in [6.07, 6.45) is 0. The van der Waals surface area contributed by atoms with Crippen molar-refractivity contribution in [3.8, 4) is 5.75 Å². The van der Waals surface area contributed by atoms with Crippen LogP contribution in [0.5, 0.6) is 5.75 Å². The third kappa shape index (κ3) is 2.18. The molecule has 0 aliphatic rings. The fourth-order valence-corrected chi connectivity index (χ4v) is 1.37. The first-order chi connectivity index (χ1) is 6.20. The smallest absolute Gasteiger partial charge is 0.171 e. The molecule has 0 amide bonds. The van der Waals surface area contributed by atoms with Gasteiger partial charge in [0, 0.05) is 10.0 Å². The highest BCUT2D eigenvalue weighted by atomic mass is 79.9. The van der Waals surface area contributed by atoms with Crippen LogP contribution >= 0.6 is 15.9 Å². The molecule has 1 aromatic rings. The monoisotopic (exact) mass is 249 g/mol. The van der Waals surface area contributed by atoms with Crippen molar-refractivity contribution >= 4 is 15.9 Å². The van der Waals surface area contributed by atoms with E-state index in [0.717, 1.165) is 0 Å². The SMILES string of the molecule is COc1ccc(Br)c(CON)c1F. The maximum atomic E-state index is 13.4. The van der Waals surface area contributed by atoms with Gasteiger partial charge < -0.3 is 4.74 Å². The summed E-state index contributed by atoms with van der Waals surface area (Å²) >= 11 is 3.18. The minimum Gasteiger partial charge on any atom is -0.494 e. The quantitative estimate of drug-likeness (QED) is 0.834. The Morgan fingerprint density at radius 1 is 1.54 bits per heavy atom. The summed E-state index contributed by atoms with van der Waals surface area (Å²) in [6, 6.07) is 3.20. The lowest BCUT2D eigenvalue weighted by Gasteiger charge is -2.08. The number of hydrogen-bond donors (Lipinski definition) is 1. The normalized spacial score (nSPS) is 10.2. The van der Waals surface area contributed by atoms with Crippen LogP contribution in [0.15, 0.2) is 16.6 Å². The molecule has 0 aliphatic carbocycles. The van der Waals surface area contributed by atoms with Gasteiger partial charge in [0.1, 0.15) is 0 Å². The molecule has 0 saturated carbocycles. The van der Waals surface area contributed by atoms with Crippen LogP contribution < -0.4 is 10.6 Å². The zero-order chi connectivity index (χ0) is 9.84. The van der Waals surface area contributed by atoms with Crippen LogP contribution in [0.3, 0.4) is 0 Å². The minimum absolute atomic E-state index is 0.00359. The fraction of sp³-hybridized carbons (Fsp3) is 0.250. The van der Waals surface area contributed by atoms with E-state index < -0.39 is 5.82 Å². The standard InChI is InChI=1S/C8H9BrFNO2/c1-12-7-3-2-6(9)5(4-13-11)8(7)10/h2-3H,4,11H2,1H3. The lowest BCUT2D eigenvalue weighted by atomic mass is 10.2. The van der Waals surface area contributed by atoms with Crippen molar-refractivity contribution in [3.05, 3.63) is 28.0 Å². The molecule has 0 fully saturated rings. The number of methoxy groups -OCH3 is 1. The van der Waals surface area contributed by atoms with Crippen LogP contribution in [0, 0.1) is 5.82 Å². The number of halogens is 2. The summed E-state index contributed by atoms with van der Waals surface area (Å²) in [4.78, 5) is 4.36. The fourth-order valence-electron chi connectivity index (χ4n) is 0.949. The average molecular weight is 250 g/mol. The summed E-state index contributed by atoms with van der Waals surface area (Å²) in [5.41, 5.74) is 0.349. The van der Waals surface area contributed by atoms with Crippen LogP contribution in [0.1, 0.15) is 5.56 Å². The second-order valence-electron chi connectivity index (χ2n) is 2.35. The number of hydrogen-bond acceptors (Lipinski definition) is 3. The molecule has 0 heterocycles. The van der Waals surface area contributed by atoms with E-state index in [-0.39, 0.29) is 12.4 Å². The van der Waals surface area contributed by atoms with Crippen LogP contribution in [0.4, 0.5) is 4.39 Å². The van der Waals surface area contributed by atoms with E-state index in [0.29, 0.717) is 10.0 Å². The Kier molecular flexibility index (Phi) is 3.65. The van der Waals surface area contributed by atoms with Gasteiger partial charge in [0.05, 0.1) is 13.7 Å². The highest BCUT2D eigenvalue weighted by molar-refractivity contribution is 9.10. The molecule has 0 spiro atoms. The Bertz CT molecular complexity index is 306. The van der Waals surface area contributed by atoms with Crippen LogP contribution in [-0.4, -0.2) is 7.11 Å². The molecule has 1 aromatic carbocycles. The van der Waals surface area contributed by atoms with E-state index >= 15 is 0 Å². The van der Waals surface area contributed by atoms with Crippen molar-refractivity contribution in [2.24, 2.45) is 5.90 Å². The summed E-state index contributed by atoms with van der Waals surface area (Å²) in [5, 5.41) is 0. The Hall–Kier alpha value is -0.650. The third-order valence-electron chi connectivity index (χ3n) is 1.60. The van der Waals surface area contributed by atoms with Crippen molar-refractivity contribution in [2.75, 3.05) is 7.11 Å². The van der Waals surface area contributed by atoms with Gasteiger partial charge in [0.15, 0.2) is 11.6 Å². The third-order valence-corrected chi connectivity index (χ3v) is 2.34. The van der Waals surface area contributed by atoms with Crippen LogP contribution in [-0.2, 0) is 11.4 Å². The molecule has 0 saturated heterocycles. The first-order valence-corrected chi connectivity index (χ1v) is 4.32. The van der Waals surface area contributed by atoms with E-state index in [1.54, 1.807) is 6.07 Å². The molecule has 0 unspecified atom stereocenters. The van der Waals surface area contributed by atoms with Crippen molar-refractivity contribution < 1.29 is 14.0 Å². The molecule has 0 atom stereocenters. The molecule has 13 heavy (non-hydrogen) atoms. The Morgan fingerprint density at radius 3 is 2.77 bits per heavy atom. The largest absolute Gasteiger partial charge is 0.494 e. The zero-order valence-corrected chi connectivity index (χ0v) is 8.60. The molecule has 1 rings (SSSR count). The number of ether oxygens (including phenoxy) is 1. The minimum atomic E-state index is -0.456. The molecule has 0 bridgehead atoms. The molecule has 0 aromatic heterocycles. The van der Waals surface area contributed by atoms with Crippen LogP contribution in [0.25, 0.3) is 0 Å². The first kappa shape index (κ1) is 10.4. The van der Waals surface area contributed by atoms with Crippen molar-refractivity contribution in [2.45, 2.75) is 6.61 Å². The van der Waals surface area contributed by atoms with E-state index in [4.69, 9.17) is 10.6 Å². The molecular formula is C8H9BrFNO2. The Labute approximate surface area is 83.7 Å². The summed E-state index contributed by atoms with van der Waals surface area (Å²) < 4.78 is 18.8. The maximum Gasteiger partial charge on any atom is 0.171 e. The molecule has 0 aliphatic heterocycles. The summed E-state index contributed by atoms with van der Waals surface area (Å²) in [6.45, 7) is 0.00359. The molecule has 2 N–H and O–H groups in total. The predicted octanol–water partition coefficient (Wildman–Crippen LogP) is 1.99. The highest BCUT2D eigenvalue weighted by Gasteiger charge is 2.12. The topological polar surface area (TPSA) is 44.5 Å². The van der Waals surface area contributed by atoms with E-state index in [2.05, 4.69) is 20.8 Å². The van der Waals surface area contributed by atoms with E-state index in [1.165, 1.54) is 13.2 Å². The first-order valence-electron chi connectivity index (χ1n) is 3.53. The number of benzene rings is 1. The number of rotatable bonds is 3. The maximum absolute atomic E-state index is 13.4. The van der Waals surface area contributed by atoms with Gasteiger partial charge in [-0.2, -0.15) is 0 Å². The highest BCUT2D eigenvalue weighted by Crippen LogP contribution is 2.27. The Balaban J connectivity index is 3.13. The number of nitrogens with two attached hydrogens (primary N) is 1. The van der Waals surface area contributed by atoms with Gasteiger partial charge >= 0.3 is 0 Å². The lowest BCUT2D eigenvalue weighted by Crippen LogP contribution is -2.03. The Morgan fingerprint density at radius 2 is 2.23 bits per heavy atom. The van der Waals surface area contributed by atoms with Crippen molar-refractivity contribution in [1.82, 2.24) is 0 Å². The predicted molar refractivity (Wildman–Crippen MR) is 49.6 cm³/mol. The molecule has 0 radical (unpaired) electrons. The van der Waals surface area contributed by atoms with Crippen LogP contribution in [0.2, 0.25) is 0 Å². The van der Waals surface area contributed by atoms with Gasteiger partial charge in [-0.1, -0.05) is 15.9 Å². The molecule has 72 valence electrons. The molecular weight excluding hydrogens is 241 g/mol. The zero-order valence-electron chi connectivity index (χ0n) is 7.01. The molecule has 5 heteroatoms. The second-order valence-corrected chi connectivity index (χ2v) is 3.21. The molecule has 3 nitrogen and oxygen atoms in total. The van der Waals surface area contributed by atoms with Crippen molar-refractivity contribution in [3.63, 3.8) is 0 Å². The van der Waals surface area contributed by atoms with Gasteiger partial charge in [0.2, 0.25) is 0 Å². The van der Waals surface area contributed by atoms with E-state index in [1.807, 2.05) is 0 Å². The van der Waals surface area contributed by atoms with Gasteiger partial charge in [-0.3, -0.25) is 4.84 Å².